The Kier molecular flexibility index (Phi) is 17.9. The largest absolute Gasteiger partial charge is 0.466 e. The SMILES string of the molecule is CCOC(=O)CCCCCOC1(C(=O)OC)CC(NC(=O)CC)C(NC(C)=O)C(C(OC(C)=O)C(CNC(=O)c2ccc(-c3ccccc3)cc2)OC(C)=O)O1. The summed E-state index contributed by atoms with van der Waals surface area (Å²) in [6.45, 7) is 6.52. The van der Waals surface area contributed by atoms with Crippen LogP contribution < -0.4 is 16.0 Å². The molecule has 0 radical (unpaired) electrons. The fourth-order valence-electron chi connectivity index (χ4n) is 6.31. The number of benzene rings is 2. The smallest absolute Gasteiger partial charge is 0.366 e. The molecule has 56 heavy (non-hydrogen) atoms. The van der Waals surface area contributed by atoms with E-state index >= 15 is 0 Å². The van der Waals surface area contributed by atoms with Crippen LogP contribution in [0.25, 0.3) is 11.1 Å². The average Bonchev–Trinajstić information content (AvgIpc) is 3.17. The minimum absolute atomic E-state index is 0.0309. The van der Waals surface area contributed by atoms with E-state index in [0.29, 0.717) is 19.3 Å². The van der Waals surface area contributed by atoms with E-state index < -0.39 is 78.4 Å². The van der Waals surface area contributed by atoms with Crippen LogP contribution in [0.4, 0.5) is 0 Å². The second-order valence-electron chi connectivity index (χ2n) is 13.1. The van der Waals surface area contributed by atoms with Gasteiger partial charge in [-0.05, 0) is 43.0 Å². The second kappa shape index (κ2) is 22.3. The van der Waals surface area contributed by atoms with E-state index in [2.05, 4.69) is 16.0 Å². The molecule has 1 aliphatic heterocycles. The van der Waals surface area contributed by atoms with E-state index in [0.717, 1.165) is 32.1 Å². The van der Waals surface area contributed by atoms with Crippen molar-refractivity contribution in [2.45, 2.75) is 109 Å². The van der Waals surface area contributed by atoms with Crippen molar-refractivity contribution in [3.8, 4) is 11.1 Å². The third-order valence-electron chi connectivity index (χ3n) is 8.83. The molecule has 0 spiro atoms. The number of rotatable bonds is 20. The number of amides is 3. The molecule has 0 saturated carbocycles. The van der Waals surface area contributed by atoms with Crippen LogP contribution in [0.3, 0.4) is 0 Å². The van der Waals surface area contributed by atoms with E-state index in [1.54, 1.807) is 38.1 Å². The molecule has 1 fully saturated rings. The Labute approximate surface area is 326 Å². The Morgan fingerprint density at radius 3 is 2.09 bits per heavy atom. The van der Waals surface area contributed by atoms with E-state index in [4.69, 9.17) is 28.4 Å². The monoisotopic (exact) mass is 783 g/mol. The molecule has 3 N–H and O–H groups in total. The van der Waals surface area contributed by atoms with Crippen molar-refractivity contribution in [3.63, 3.8) is 0 Å². The number of hydrogen-bond donors (Lipinski definition) is 3. The van der Waals surface area contributed by atoms with Crippen LogP contribution in [0.5, 0.6) is 0 Å². The zero-order chi connectivity index (χ0) is 41.3. The highest BCUT2D eigenvalue weighted by Gasteiger charge is 2.58. The molecule has 0 aromatic heterocycles. The van der Waals surface area contributed by atoms with Crippen LogP contribution in [-0.4, -0.2) is 105 Å². The number of esters is 4. The predicted molar refractivity (Wildman–Crippen MR) is 200 cm³/mol. The minimum atomic E-state index is -2.23. The highest BCUT2D eigenvalue weighted by Crippen LogP contribution is 2.36. The standard InChI is InChI=1S/C40H53N3O13/c1-7-33(47)43-31-23-40(39(50)51-6,53-22-14-10-13-17-34(48)52-8-2)56-37(35(31)42-25(3)44)36(55-27(5)46)32(54-26(4)45)24-41-38(49)30-20-18-29(19-21-30)28-15-11-9-12-16-28/h9,11-12,15-16,18-21,31-32,35-37H,7-8,10,13-14,17,22-24H2,1-6H3,(H,41,49)(H,42,44)(H,43,47). The van der Waals surface area contributed by atoms with Crippen LogP contribution >= 0.6 is 0 Å². The van der Waals surface area contributed by atoms with Gasteiger partial charge in [0.15, 0.2) is 12.2 Å². The van der Waals surface area contributed by atoms with Gasteiger partial charge in [0.2, 0.25) is 11.8 Å². The molecule has 0 bridgehead atoms. The minimum Gasteiger partial charge on any atom is -0.466 e. The molecule has 2 aromatic rings. The van der Waals surface area contributed by atoms with Gasteiger partial charge in [0.05, 0.1) is 39.0 Å². The van der Waals surface area contributed by atoms with E-state index in [1.807, 2.05) is 30.3 Å². The number of carbonyl (C=O) groups excluding carboxylic acids is 7. The summed E-state index contributed by atoms with van der Waals surface area (Å²) in [5, 5.41) is 8.25. The van der Waals surface area contributed by atoms with Crippen molar-refractivity contribution < 1.29 is 62.0 Å². The first-order valence-electron chi connectivity index (χ1n) is 18.6. The third-order valence-corrected chi connectivity index (χ3v) is 8.83. The van der Waals surface area contributed by atoms with Crippen molar-refractivity contribution in [1.29, 1.82) is 0 Å². The van der Waals surface area contributed by atoms with Gasteiger partial charge in [-0.2, -0.15) is 0 Å². The number of hydrogen-bond acceptors (Lipinski definition) is 13. The number of unbranched alkanes of at least 4 members (excludes halogenated alkanes) is 2. The molecular weight excluding hydrogens is 730 g/mol. The lowest BCUT2D eigenvalue weighted by Gasteiger charge is -2.49. The van der Waals surface area contributed by atoms with Crippen molar-refractivity contribution in [3.05, 3.63) is 60.2 Å². The average molecular weight is 784 g/mol. The first-order valence-corrected chi connectivity index (χ1v) is 18.6. The van der Waals surface area contributed by atoms with Gasteiger partial charge in [0, 0.05) is 45.6 Å². The van der Waals surface area contributed by atoms with Crippen LogP contribution in [0.2, 0.25) is 0 Å². The molecule has 0 aliphatic carbocycles. The molecular formula is C40H53N3O13. The maximum absolute atomic E-state index is 13.6. The first kappa shape index (κ1) is 45.0. The van der Waals surface area contributed by atoms with Crippen molar-refractivity contribution in [2.24, 2.45) is 0 Å². The molecule has 2 aromatic carbocycles. The normalized spacial score (nSPS) is 20.0. The zero-order valence-electron chi connectivity index (χ0n) is 32.8. The van der Waals surface area contributed by atoms with Gasteiger partial charge in [-0.1, -0.05) is 55.8 Å². The summed E-state index contributed by atoms with van der Waals surface area (Å²) >= 11 is 0. The Morgan fingerprint density at radius 1 is 0.839 bits per heavy atom. The van der Waals surface area contributed by atoms with Gasteiger partial charge < -0.3 is 44.4 Å². The summed E-state index contributed by atoms with van der Waals surface area (Å²) in [6, 6.07) is 14.1. The molecule has 6 unspecified atom stereocenters. The molecule has 16 nitrogen and oxygen atoms in total. The number of nitrogens with one attached hydrogen (secondary N) is 3. The summed E-state index contributed by atoms with van der Waals surface area (Å²) in [5.41, 5.74) is 2.11. The molecule has 306 valence electrons. The number of ether oxygens (including phenoxy) is 6. The van der Waals surface area contributed by atoms with E-state index in [1.165, 1.54) is 6.92 Å². The van der Waals surface area contributed by atoms with E-state index in [-0.39, 0.29) is 44.0 Å². The summed E-state index contributed by atoms with van der Waals surface area (Å²) < 4.78 is 34.0. The summed E-state index contributed by atoms with van der Waals surface area (Å²) in [5.74, 6) is -6.80. The van der Waals surface area contributed by atoms with E-state index in [9.17, 15) is 33.6 Å². The van der Waals surface area contributed by atoms with Crippen LogP contribution in [0.1, 0.15) is 83.5 Å². The van der Waals surface area contributed by atoms with Crippen LogP contribution in [-0.2, 0) is 57.2 Å². The molecule has 1 heterocycles. The fourth-order valence-corrected chi connectivity index (χ4v) is 6.31. The molecule has 1 aliphatic rings. The second-order valence-corrected chi connectivity index (χ2v) is 13.1. The highest BCUT2D eigenvalue weighted by atomic mass is 16.7. The molecule has 3 amide bonds. The third kappa shape index (κ3) is 13.4. The predicted octanol–water partition coefficient (Wildman–Crippen LogP) is 3.14. The van der Waals surface area contributed by atoms with Crippen molar-refractivity contribution in [2.75, 3.05) is 26.9 Å². The van der Waals surface area contributed by atoms with Crippen LogP contribution in [0.15, 0.2) is 54.6 Å². The summed E-state index contributed by atoms with van der Waals surface area (Å²) in [4.78, 5) is 89.6. The number of carbonyl (C=O) groups is 7. The van der Waals surface area contributed by atoms with Gasteiger partial charge in [0.25, 0.3) is 11.7 Å². The lowest BCUT2D eigenvalue weighted by Crippen LogP contribution is -2.71. The Bertz CT molecular complexity index is 1650. The maximum atomic E-state index is 13.6. The maximum Gasteiger partial charge on any atom is 0.366 e. The Hall–Kier alpha value is -5.35. The molecule has 16 heteroatoms. The summed E-state index contributed by atoms with van der Waals surface area (Å²) in [7, 11) is 1.11. The van der Waals surface area contributed by atoms with Gasteiger partial charge in [-0.25, -0.2) is 4.79 Å². The fraction of sp³-hybridized carbons (Fsp3) is 0.525. The van der Waals surface area contributed by atoms with Crippen molar-refractivity contribution in [1.82, 2.24) is 16.0 Å². The topological polar surface area (TPSA) is 211 Å². The number of methoxy groups -OCH3 is 1. The van der Waals surface area contributed by atoms with Gasteiger partial charge in [0.1, 0.15) is 6.10 Å². The zero-order valence-corrected chi connectivity index (χ0v) is 32.8. The lowest BCUT2D eigenvalue weighted by atomic mass is 9.86. The van der Waals surface area contributed by atoms with Crippen molar-refractivity contribution >= 4 is 41.6 Å². The highest BCUT2D eigenvalue weighted by molar-refractivity contribution is 5.94. The Morgan fingerprint density at radius 2 is 1.50 bits per heavy atom. The first-order chi connectivity index (χ1) is 26.7. The molecule has 3 rings (SSSR count). The molecule has 1 saturated heterocycles. The Balaban J connectivity index is 2.00. The van der Waals surface area contributed by atoms with Gasteiger partial charge >= 0.3 is 23.9 Å². The lowest BCUT2D eigenvalue weighted by molar-refractivity contribution is -0.303. The van der Waals surface area contributed by atoms with Gasteiger partial charge in [-0.15, -0.1) is 0 Å². The molecule has 6 atom stereocenters. The van der Waals surface area contributed by atoms with Crippen LogP contribution in [0, 0.1) is 0 Å². The summed E-state index contributed by atoms with van der Waals surface area (Å²) in [6.07, 6.45) is -3.37. The van der Waals surface area contributed by atoms with Gasteiger partial charge in [-0.3, -0.25) is 28.8 Å². The quantitative estimate of drug-likeness (QED) is 0.100.